The number of H-pyrrole nitrogens is 2. The van der Waals surface area contributed by atoms with Crippen molar-refractivity contribution in [3.8, 4) is 6.07 Å². The first kappa shape index (κ1) is 20.5. The Morgan fingerprint density at radius 3 is 2.56 bits per heavy atom. The third-order valence-electron chi connectivity index (χ3n) is 6.47. The van der Waals surface area contributed by atoms with Crippen LogP contribution in [0.3, 0.4) is 0 Å². The summed E-state index contributed by atoms with van der Waals surface area (Å²) < 4.78 is 0. The first-order valence-corrected chi connectivity index (χ1v) is 11.9. The number of nitrogen functional groups attached to an aromatic ring is 1. The van der Waals surface area contributed by atoms with Gasteiger partial charge in [0, 0.05) is 30.4 Å². The smallest absolute Gasteiger partial charge is 0.269 e. The van der Waals surface area contributed by atoms with Crippen LogP contribution in [0.15, 0.2) is 70.0 Å². The maximum absolute atomic E-state index is 12.5. The average Bonchev–Trinajstić information content (AvgIpc) is 3.23. The van der Waals surface area contributed by atoms with Gasteiger partial charge in [-0.2, -0.15) is 5.26 Å². The van der Waals surface area contributed by atoms with Crippen molar-refractivity contribution < 1.29 is 0 Å². The van der Waals surface area contributed by atoms with Gasteiger partial charge in [-0.25, -0.2) is 0 Å². The first-order valence-electron chi connectivity index (χ1n) is 11.0. The minimum absolute atomic E-state index is 0.0480. The monoisotopic (exact) mass is 464 g/mol. The topological polar surface area (TPSA) is 124 Å². The van der Waals surface area contributed by atoms with E-state index in [9.17, 15) is 10.1 Å². The van der Waals surface area contributed by atoms with Crippen LogP contribution in [0.5, 0.6) is 0 Å². The summed E-state index contributed by atoms with van der Waals surface area (Å²) in [6.07, 6.45) is 12.4. The fourth-order valence-corrected chi connectivity index (χ4v) is 6.40. The number of thioether (sulfide) groups is 1. The lowest BCUT2D eigenvalue weighted by Crippen LogP contribution is -2.15. The normalized spacial score (nSPS) is 18.6. The van der Waals surface area contributed by atoms with Crippen LogP contribution in [-0.4, -0.2) is 19.9 Å². The van der Waals surface area contributed by atoms with Gasteiger partial charge in [0.2, 0.25) is 0 Å². The molecule has 1 atom stereocenters. The summed E-state index contributed by atoms with van der Waals surface area (Å²) in [6, 6.07) is 10.1. The van der Waals surface area contributed by atoms with Gasteiger partial charge in [-0.05, 0) is 71.4 Å². The van der Waals surface area contributed by atoms with Crippen molar-refractivity contribution in [1.82, 2.24) is 19.9 Å². The molecule has 4 N–H and O–H groups in total. The molecular weight excluding hydrogens is 444 g/mol. The Hall–Kier alpha value is -4.09. The molecule has 4 aromatic rings. The zero-order valence-corrected chi connectivity index (χ0v) is 18.9. The Balaban J connectivity index is 1.68. The molecule has 1 unspecified atom stereocenters. The lowest BCUT2D eigenvalue weighted by molar-refractivity contribution is 0.765. The number of pyridine rings is 3. The molecule has 7 nitrogen and oxygen atoms in total. The van der Waals surface area contributed by atoms with Crippen LogP contribution in [0.2, 0.25) is 0 Å². The van der Waals surface area contributed by atoms with Crippen LogP contribution in [-0.2, 0) is 0 Å². The second-order valence-electron chi connectivity index (χ2n) is 8.42. The van der Waals surface area contributed by atoms with Crippen LogP contribution in [0.1, 0.15) is 46.8 Å². The van der Waals surface area contributed by atoms with Crippen LogP contribution < -0.4 is 11.3 Å². The Morgan fingerprint density at radius 1 is 1.09 bits per heavy atom. The second kappa shape index (κ2) is 8.04. The number of nitriles is 1. The van der Waals surface area contributed by atoms with Crippen molar-refractivity contribution in [2.24, 2.45) is 0 Å². The maximum Gasteiger partial charge on any atom is 0.269 e. The minimum Gasteiger partial charge on any atom is -0.397 e. The SMILES string of the molecule is N#Cc1c(N)c2c3c([nH]c2[nH]c1=O)SC(c1ccncc1)C1=C3/C(=C/c2ccncc2)CCC1. The maximum atomic E-state index is 12.5. The lowest BCUT2D eigenvalue weighted by Gasteiger charge is -2.33. The van der Waals surface area contributed by atoms with E-state index in [2.05, 4.69) is 38.1 Å². The third kappa shape index (κ3) is 3.17. The average molecular weight is 465 g/mol. The Kier molecular flexibility index (Phi) is 4.85. The van der Waals surface area contributed by atoms with Gasteiger partial charge in [-0.1, -0.05) is 17.8 Å². The van der Waals surface area contributed by atoms with Gasteiger partial charge in [0.05, 0.1) is 21.3 Å². The first-order chi connectivity index (χ1) is 16.7. The number of nitrogens with two attached hydrogens (primary N) is 1. The zero-order chi connectivity index (χ0) is 23.2. The van der Waals surface area contributed by atoms with Gasteiger partial charge in [-0.3, -0.25) is 14.8 Å². The summed E-state index contributed by atoms with van der Waals surface area (Å²) in [5, 5.41) is 11.3. The number of nitrogens with zero attached hydrogens (tertiary/aromatic N) is 3. The predicted octanol–water partition coefficient (Wildman–Crippen LogP) is 4.97. The Morgan fingerprint density at radius 2 is 1.82 bits per heavy atom. The molecule has 1 aliphatic carbocycles. The van der Waals surface area contributed by atoms with Crippen molar-refractivity contribution in [2.75, 3.05) is 5.73 Å². The molecule has 0 saturated carbocycles. The highest BCUT2D eigenvalue weighted by Crippen LogP contribution is 2.57. The van der Waals surface area contributed by atoms with Crippen molar-refractivity contribution in [2.45, 2.75) is 29.5 Å². The molecule has 4 aromatic heterocycles. The molecule has 6 rings (SSSR count). The molecule has 0 aromatic carbocycles. The number of aromatic amines is 2. The quantitative estimate of drug-likeness (QED) is 0.385. The molecule has 0 bridgehead atoms. The number of fused-ring (bicyclic) bond motifs is 4. The van der Waals surface area contributed by atoms with E-state index in [0.29, 0.717) is 11.0 Å². The van der Waals surface area contributed by atoms with Gasteiger partial charge in [0.15, 0.2) is 0 Å². The van der Waals surface area contributed by atoms with Crippen LogP contribution in [0, 0.1) is 11.3 Å². The number of nitrogens with one attached hydrogen (secondary N) is 2. The lowest BCUT2D eigenvalue weighted by atomic mass is 9.79. The zero-order valence-electron chi connectivity index (χ0n) is 18.1. The fraction of sp³-hybridized carbons (Fsp3) is 0.154. The van der Waals surface area contributed by atoms with Gasteiger partial charge >= 0.3 is 0 Å². The number of hydrogen-bond acceptors (Lipinski definition) is 6. The summed E-state index contributed by atoms with van der Waals surface area (Å²) in [5.41, 5.74) is 13.6. The molecule has 2 aliphatic rings. The van der Waals surface area contributed by atoms with Gasteiger partial charge < -0.3 is 15.7 Å². The van der Waals surface area contributed by atoms with Gasteiger partial charge in [-0.15, -0.1) is 0 Å². The molecule has 34 heavy (non-hydrogen) atoms. The molecular formula is C26H20N6OS. The van der Waals surface area contributed by atoms with E-state index in [4.69, 9.17) is 5.73 Å². The third-order valence-corrected chi connectivity index (χ3v) is 7.81. The molecule has 8 heteroatoms. The van der Waals surface area contributed by atoms with E-state index in [0.717, 1.165) is 41.0 Å². The summed E-state index contributed by atoms with van der Waals surface area (Å²) in [4.78, 5) is 27.0. The van der Waals surface area contributed by atoms with Crippen molar-refractivity contribution in [3.05, 3.63) is 92.8 Å². The van der Waals surface area contributed by atoms with Crippen LogP contribution >= 0.6 is 11.8 Å². The fourth-order valence-electron chi connectivity index (χ4n) is 5.01. The number of allylic oxidation sites excluding steroid dienone is 2. The van der Waals surface area contributed by atoms with Crippen LogP contribution in [0.25, 0.3) is 22.7 Å². The van der Waals surface area contributed by atoms with E-state index in [1.807, 2.05) is 30.6 Å². The molecule has 166 valence electrons. The summed E-state index contributed by atoms with van der Waals surface area (Å²) in [6.45, 7) is 0. The van der Waals surface area contributed by atoms with Gasteiger partial charge in [0.25, 0.3) is 5.56 Å². The number of aromatic nitrogens is 4. The summed E-state index contributed by atoms with van der Waals surface area (Å²) >= 11 is 1.72. The molecule has 0 saturated heterocycles. The molecule has 0 fully saturated rings. The largest absolute Gasteiger partial charge is 0.397 e. The van der Waals surface area contributed by atoms with Crippen molar-refractivity contribution >= 4 is 40.1 Å². The van der Waals surface area contributed by atoms with E-state index in [1.54, 1.807) is 24.2 Å². The molecule has 1 aliphatic heterocycles. The standard InChI is InChI=1S/C26H20N6OS/c27-13-18-22(28)21-20-19-16(12-14-4-8-29-9-5-14)2-1-3-17(19)23(15-6-10-30-11-7-15)34-26(20)32-24(21)31-25(18)33/h4-12,23H,1-3H2,(H4,28,31,32,33)/b16-12+. The molecule has 0 spiro atoms. The minimum atomic E-state index is -0.479. The summed E-state index contributed by atoms with van der Waals surface area (Å²) in [5.74, 6) is 0. The van der Waals surface area contributed by atoms with Gasteiger partial charge in [0.1, 0.15) is 17.3 Å². The van der Waals surface area contributed by atoms with Crippen molar-refractivity contribution in [1.29, 1.82) is 5.26 Å². The van der Waals surface area contributed by atoms with Crippen molar-refractivity contribution in [3.63, 3.8) is 0 Å². The highest BCUT2D eigenvalue weighted by molar-refractivity contribution is 7.99. The Bertz CT molecular complexity index is 1590. The number of anilines is 1. The summed E-state index contributed by atoms with van der Waals surface area (Å²) in [7, 11) is 0. The highest BCUT2D eigenvalue weighted by atomic mass is 32.2. The number of hydrogen-bond donors (Lipinski definition) is 3. The molecule has 0 amide bonds. The van der Waals surface area contributed by atoms with E-state index < -0.39 is 5.56 Å². The Labute approximate surface area is 199 Å². The van der Waals surface area contributed by atoms with E-state index >= 15 is 0 Å². The molecule has 0 radical (unpaired) electrons. The van der Waals surface area contributed by atoms with E-state index in [1.165, 1.54) is 16.7 Å². The molecule has 5 heterocycles. The number of rotatable bonds is 2. The highest BCUT2D eigenvalue weighted by Gasteiger charge is 2.36. The second-order valence-corrected chi connectivity index (χ2v) is 9.53. The van der Waals surface area contributed by atoms with E-state index in [-0.39, 0.29) is 16.5 Å². The van der Waals surface area contributed by atoms with Crippen LogP contribution in [0.4, 0.5) is 5.69 Å². The predicted molar refractivity (Wildman–Crippen MR) is 134 cm³/mol.